The molecule has 0 radical (unpaired) electrons. The molecule has 0 fully saturated rings. The number of methoxy groups -OCH3 is 1. The van der Waals surface area contributed by atoms with E-state index in [-0.39, 0.29) is 11.6 Å². The van der Waals surface area contributed by atoms with E-state index in [1.807, 2.05) is 72.5 Å². The Morgan fingerprint density at radius 2 is 1.74 bits per heavy atom. The SMILES string of the molecule is CCN(c1ccccc1)c1ccc(C(=O)NCc2ccc(OC)cc2)nn1. The van der Waals surface area contributed by atoms with Crippen molar-refractivity contribution in [2.45, 2.75) is 13.5 Å². The number of carbonyl (C=O) groups excluding carboxylic acids is 1. The predicted octanol–water partition coefficient (Wildman–Crippen LogP) is 3.57. The van der Waals surface area contributed by atoms with E-state index in [4.69, 9.17) is 4.74 Å². The second-order valence-corrected chi connectivity index (χ2v) is 5.89. The van der Waals surface area contributed by atoms with Crippen molar-refractivity contribution in [1.82, 2.24) is 15.5 Å². The number of para-hydroxylation sites is 1. The van der Waals surface area contributed by atoms with Crippen LogP contribution in [0.5, 0.6) is 5.75 Å². The normalized spacial score (nSPS) is 10.3. The van der Waals surface area contributed by atoms with Crippen LogP contribution in [0.2, 0.25) is 0 Å². The van der Waals surface area contributed by atoms with Crippen molar-refractivity contribution >= 4 is 17.4 Å². The van der Waals surface area contributed by atoms with Crippen LogP contribution >= 0.6 is 0 Å². The molecule has 1 aromatic heterocycles. The van der Waals surface area contributed by atoms with Crippen LogP contribution in [0.3, 0.4) is 0 Å². The molecule has 0 aliphatic carbocycles. The maximum absolute atomic E-state index is 12.3. The van der Waals surface area contributed by atoms with Gasteiger partial charge in [0, 0.05) is 18.8 Å². The third-order valence-corrected chi connectivity index (χ3v) is 4.16. The summed E-state index contributed by atoms with van der Waals surface area (Å²) in [6.45, 7) is 3.21. The maximum atomic E-state index is 12.3. The highest BCUT2D eigenvalue weighted by Crippen LogP contribution is 2.22. The Labute approximate surface area is 158 Å². The lowest BCUT2D eigenvalue weighted by Gasteiger charge is -2.21. The lowest BCUT2D eigenvalue weighted by atomic mass is 10.2. The van der Waals surface area contributed by atoms with E-state index < -0.39 is 0 Å². The number of nitrogens with zero attached hydrogens (tertiary/aromatic N) is 3. The Hall–Kier alpha value is -3.41. The molecule has 0 spiro atoms. The predicted molar refractivity (Wildman–Crippen MR) is 105 cm³/mol. The van der Waals surface area contributed by atoms with Crippen LogP contribution in [0.4, 0.5) is 11.5 Å². The summed E-state index contributed by atoms with van der Waals surface area (Å²) < 4.78 is 5.13. The van der Waals surface area contributed by atoms with Crippen LogP contribution in [0.25, 0.3) is 0 Å². The molecule has 0 saturated carbocycles. The quantitative estimate of drug-likeness (QED) is 0.696. The summed E-state index contributed by atoms with van der Waals surface area (Å²) in [4.78, 5) is 14.3. The summed E-state index contributed by atoms with van der Waals surface area (Å²) in [5.41, 5.74) is 2.30. The smallest absolute Gasteiger partial charge is 0.272 e. The summed E-state index contributed by atoms with van der Waals surface area (Å²) in [6, 6.07) is 21.0. The highest BCUT2D eigenvalue weighted by molar-refractivity contribution is 5.92. The molecule has 6 nitrogen and oxygen atoms in total. The average Bonchev–Trinajstić information content (AvgIpc) is 2.74. The van der Waals surface area contributed by atoms with Crippen LogP contribution in [0, 0.1) is 0 Å². The number of benzene rings is 2. The Bertz CT molecular complexity index is 865. The van der Waals surface area contributed by atoms with Gasteiger partial charge in [0.05, 0.1) is 7.11 Å². The number of nitrogens with one attached hydrogen (secondary N) is 1. The van der Waals surface area contributed by atoms with Crippen LogP contribution in [-0.4, -0.2) is 29.8 Å². The minimum atomic E-state index is -0.257. The van der Waals surface area contributed by atoms with Gasteiger partial charge in [-0.25, -0.2) is 0 Å². The van der Waals surface area contributed by atoms with Crippen LogP contribution in [0.15, 0.2) is 66.7 Å². The van der Waals surface area contributed by atoms with Crippen molar-refractivity contribution < 1.29 is 9.53 Å². The van der Waals surface area contributed by atoms with Gasteiger partial charge in [0.2, 0.25) is 0 Å². The molecule has 0 aliphatic rings. The summed E-state index contributed by atoms with van der Waals surface area (Å²) in [5.74, 6) is 1.23. The molecule has 3 aromatic rings. The van der Waals surface area contributed by atoms with Gasteiger partial charge in [-0.15, -0.1) is 10.2 Å². The van der Waals surface area contributed by atoms with E-state index in [0.717, 1.165) is 23.5 Å². The molecular formula is C21H22N4O2. The van der Waals surface area contributed by atoms with Crippen molar-refractivity contribution in [3.8, 4) is 5.75 Å². The fraction of sp³-hybridized carbons (Fsp3) is 0.190. The minimum absolute atomic E-state index is 0.257. The first-order valence-corrected chi connectivity index (χ1v) is 8.78. The zero-order valence-corrected chi connectivity index (χ0v) is 15.4. The highest BCUT2D eigenvalue weighted by Gasteiger charge is 2.12. The minimum Gasteiger partial charge on any atom is -0.497 e. The number of aromatic nitrogens is 2. The van der Waals surface area contributed by atoms with Crippen molar-refractivity contribution in [2.24, 2.45) is 0 Å². The third-order valence-electron chi connectivity index (χ3n) is 4.16. The van der Waals surface area contributed by atoms with Gasteiger partial charge < -0.3 is 15.0 Å². The number of ether oxygens (including phenoxy) is 1. The van der Waals surface area contributed by atoms with Gasteiger partial charge in [-0.05, 0) is 48.9 Å². The first-order chi connectivity index (χ1) is 13.2. The van der Waals surface area contributed by atoms with Gasteiger partial charge in [-0.3, -0.25) is 4.79 Å². The lowest BCUT2D eigenvalue weighted by molar-refractivity contribution is 0.0945. The van der Waals surface area contributed by atoms with Crippen molar-refractivity contribution in [3.63, 3.8) is 0 Å². The molecular weight excluding hydrogens is 340 g/mol. The zero-order valence-electron chi connectivity index (χ0n) is 15.4. The second kappa shape index (κ2) is 8.80. The molecule has 0 aliphatic heterocycles. The monoisotopic (exact) mass is 362 g/mol. The molecule has 1 N–H and O–H groups in total. The molecule has 0 unspecified atom stereocenters. The molecule has 0 saturated heterocycles. The Kier molecular flexibility index (Phi) is 5.99. The number of hydrogen-bond acceptors (Lipinski definition) is 5. The van der Waals surface area contributed by atoms with Crippen LogP contribution in [-0.2, 0) is 6.54 Å². The van der Waals surface area contributed by atoms with Gasteiger partial charge >= 0.3 is 0 Å². The van der Waals surface area contributed by atoms with Gasteiger partial charge in [0.1, 0.15) is 5.75 Å². The lowest BCUT2D eigenvalue weighted by Crippen LogP contribution is -2.25. The highest BCUT2D eigenvalue weighted by atomic mass is 16.5. The van der Waals surface area contributed by atoms with Crippen molar-refractivity contribution in [1.29, 1.82) is 0 Å². The summed E-state index contributed by atoms with van der Waals surface area (Å²) >= 11 is 0. The molecule has 0 bridgehead atoms. The zero-order chi connectivity index (χ0) is 19.1. The fourth-order valence-electron chi connectivity index (χ4n) is 2.69. The van der Waals surface area contributed by atoms with E-state index in [1.165, 1.54) is 0 Å². The topological polar surface area (TPSA) is 67.4 Å². The largest absolute Gasteiger partial charge is 0.497 e. The number of anilines is 2. The van der Waals surface area contributed by atoms with E-state index in [0.29, 0.717) is 12.4 Å². The molecule has 1 heterocycles. The molecule has 1 amide bonds. The van der Waals surface area contributed by atoms with Crippen LogP contribution < -0.4 is 15.0 Å². The third kappa shape index (κ3) is 4.61. The first-order valence-electron chi connectivity index (χ1n) is 8.78. The number of amides is 1. The summed E-state index contributed by atoms with van der Waals surface area (Å²) in [7, 11) is 1.62. The Morgan fingerprint density at radius 1 is 1.00 bits per heavy atom. The van der Waals surface area contributed by atoms with Gasteiger partial charge in [0.25, 0.3) is 5.91 Å². The van der Waals surface area contributed by atoms with Gasteiger partial charge in [-0.2, -0.15) is 0 Å². The van der Waals surface area contributed by atoms with E-state index in [1.54, 1.807) is 13.2 Å². The van der Waals surface area contributed by atoms with E-state index >= 15 is 0 Å². The summed E-state index contributed by atoms with van der Waals surface area (Å²) in [5, 5.41) is 11.2. The van der Waals surface area contributed by atoms with Gasteiger partial charge in [0.15, 0.2) is 11.5 Å². The molecule has 27 heavy (non-hydrogen) atoms. The molecule has 6 heteroatoms. The molecule has 138 valence electrons. The fourth-order valence-corrected chi connectivity index (χ4v) is 2.69. The van der Waals surface area contributed by atoms with Crippen molar-refractivity contribution in [3.05, 3.63) is 78.0 Å². The molecule has 0 atom stereocenters. The van der Waals surface area contributed by atoms with E-state index in [9.17, 15) is 4.79 Å². The molecule has 3 rings (SSSR count). The Balaban J connectivity index is 1.64. The maximum Gasteiger partial charge on any atom is 0.272 e. The second-order valence-electron chi connectivity index (χ2n) is 5.89. The standard InChI is InChI=1S/C21H22N4O2/c1-3-25(17-7-5-4-6-8-17)20-14-13-19(23-24-20)21(26)22-15-16-9-11-18(27-2)12-10-16/h4-14H,3,15H2,1-2H3,(H,22,26). The first kappa shape index (κ1) is 18.4. The average molecular weight is 362 g/mol. The van der Waals surface area contributed by atoms with Gasteiger partial charge in [-0.1, -0.05) is 30.3 Å². The Morgan fingerprint density at radius 3 is 2.33 bits per heavy atom. The van der Waals surface area contributed by atoms with E-state index in [2.05, 4.69) is 15.5 Å². The van der Waals surface area contributed by atoms with Crippen LogP contribution in [0.1, 0.15) is 23.0 Å². The van der Waals surface area contributed by atoms with Crippen molar-refractivity contribution in [2.75, 3.05) is 18.6 Å². The number of rotatable bonds is 7. The summed E-state index contributed by atoms with van der Waals surface area (Å²) in [6.07, 6.45) is 0. The number of carbonyl (C=O) groups is 1. The molecule has 2 aromatic carbocycles. The number of hydrogen-bond donors (Lipinski definition) is 1.